The largest absolute Gasteiger partial charge is 0.456 e. The molecule has 0 unspecified atom stereocenters. The van der Waals surface area contributed by atoms with Gasteiger partial charge in [-0.15, -0.1) is 23.2 Å². The van der Waals surface area contributed by atoms with E-state index < -0.39 is 123 Å². The summed E-state index contributed by atoms with van der Waals surface area (Å²) in [5.74, 6) is -7.18. The van der Waals surface area contributed by atoms with E-state index in [1.54, 1.807) is 62.4 Å². The molecular formula is C45H53Cl2NO14. The highest BCUT2D eigenvalue weighted by molar-refractivity contribution is 6.40. The molecule has 17 heteroatoms. The predicted octanol–water partition coefficient (Wildman–Crippen LogP) is 4.05. The van der Waals surface area contributed by atoms with Crippen molar-refractivity contribution in [3.05, 3.63) is 82.9 Å². The standard InChI is InChI=1S/C45H53Cl2NO14/c1-22-28(60-39(55)33(52)32(26-15-11-9-12-16-26)48-40(56)43(8,47)23(2)46)20-45(57)37(61-38(54)27-17-13-10-14-18-27)35-42(7,29(51)19-30-44(35,21-58-30)62-25(4)50)36(53)34(59-24(3)49)31(22)41(45,5)6/h9-18,23,28-30,32-35,37,51-52,57H,19-21H2,1-8H3,(H,48,56)/t23-,28+,29+,30-,32+,33-,34-,35+,37+,42-,43+,44+,45-/m1/s1. The molecule has 2 aromatic carbocycles. The van der Waals surface area contributed by atoms with E-state index in [1.165, 1.54) is 39.8 Å². The molecule has 1 heterocycles. The maximum Gasteiger partial charge on any atom is 0.338 e. The van der Waals surface area contributed by atoms with Crippen LogP contribution in [-0.4, -0.2) is 116 Å². The summed E-state index contributed by atoms with van der Waals surface area (Å²) in [5.41, 5.74) is -7.49. The van der Waals surface area contributed by atoms with Crippen LogP contribution in [0.3, 0.4) is 0 Å². The van der Waals surface area contributed by atoms with E-state index >= 15 is 4.79 Å². The first kappa shape index (κ1) is 47.1. The maximum atomic E-state index is 15.5. The number of hydrogen-bond acceptors (Lipinski definition) is 14. The Morgan fingerprint density at radius 1 is 0.952 bits per heavy atom. The summed E-state index contributed by atoms with van der Waals surface area (Å²) in [5, 5.41) is 39.2. The van der Waals surface area contributed by atoms with Gasteiger partial charge < -0.3 is 44.3 Å². The highest BCUT2D eigenvalue weighted by Gasteiger charge is 2.78. The lowest BCUT2D eigenvalue weighted by molar-refractivity contribution is -0.346. The fourth-order valence-corrected chi connectivity index (χ4v) is 9.99. The van der Waals surface area contributed by atoms with Crippen molar-refractivity contribution in [1.82, 2.24) is 5.32 Å². The minimum absolute atomic E-state index is 0.0261. The summed E-state index contributed by atoms with van der Waals surface area (Å²) < 4.78 is 30.2. The van der Waals surface area contributed by atoms with Crippen LogP contribution in [0, 0.1) is 16.7 Å². The first-order chi connectivity index (χ1) is 28.9. The molecule has 62 heavy (non-hydrogen) atoms. The number of hydrogen-bond donors (Lipinski definition) is 4. The minimum atomic E-state index is -2.42. The van der Waals surface area contributed by atoms with Gasteiger partial charge in [-0.3, -0.25) is 19.2 Å². The average molecular weight is 903 g/mol. The third-order valence-electron chi connectivity index (χ3n) is 13.6. The summed E-state index contributed by atoms with van der Waals surface area (Å²) in [6.45, 7) is 10.8. The van der Waals surface area contributed by atoms with Crippen LogP contribution < -0.4 is 5.32 Å². The molecule has 3 aliphatic carbocycles. The Labute approximate surface area is 369 Å². The molecule has 2 aromatic rings. The zero-order chi connectivity index (χ0) is 45.9. The molecule has 6 rings (SSSR count). The fraction of sp³-hybridized carbons (Fsp3) is 0.556. The SMILES string of the molecule is CC(=O)O[C@H]1C(=O)[C@@]2(C)[C@H]([C@H](OC(=O)c3ccccc3)[C@]3(O)C[C@H](OC(=O)[C@H](O)[C@@H](NC(=O)[C@@](C)(Cl)[C@@H](C)Cl)c4ccccc4)C(C)=C1C3(C)C)[C@]1(OC(C)=O)CO[C@@H]1C[C@@H]2O. The number of rotatable bonds is 11. The van der Waals surface area contributed by atoms with E-state index in [4.69, 9.17) is 46.9 Å². The number of ketones is 1. The maximum absolute atomic E-state index is 15.5. The van der Waals surface area contributed by atoms with Crippen LogP contribution in [0.25, 0.3) is 0 Å². The Kier molecular flexibility index (Phi) is 12.9. The Morgan fingerprint density at radius 2 is 1.55 bits per heavy atom. The van der Waals surface area contributed by atoms with Gasteiger partial charge in [0, 0.05) is 32.1 Å². The molecule has 4 N–H and O–H groups in total. The molecular weight excluding hydrogens is 849 g/mol. The van der Waals surface area contributed by atoms with Crippen LogP contribution in [0.15, 0.2) is 71.8 Å². The molecule has 3 fully saturated rings. The summed E-state index contributed by atoms with van der Waals surface area (Å²) in [6.07, 6.45) is -10.7. The van der Waals surface area contributed by atoms with Gasteiger partial charge in [-0.1, -0.05) is 62.4 Å². The number of Topliss-reactive ketones (excluding diaryl/α,β-unsaturated/α-hetero) is 1. The highest BCUT2D eigenvalue weighted by atomic mass is 35.5. The highest BCUT2D eigenvalue weighted by Crippen LogP contribution is 2.64. The molecule has 0 aromatic heterocycles. The van der Waals surface area contributed by atoms with Crippen molar-refractivity contribution in [2.45, 2.75) is 132 Å². The molecule has 4 aliphatic rings. The lowest BCUT2D eigenvalue weighted by Crippen LogP contribution is -2.82. The number of aliphatic hydroxyl groups is 3. The van der Waals surface area contributed by atoms with Gasteiger partial charge in [0.05, 0.1) is 41.0 Å². The van der Waals surface area contributed by atoms with Crippen LogP contribution in [0.5, 0.6) is 0 Å². The Balaban J connectivity index is 1.54. The number of esters is 4. The van der Waals surface area contributed by atoms with Crippen molar-refractivity contribution < 1.29 is 67.8 Å². The monoisotopic (exact) mass is 901 g/mol. The second-order valence-corrected chi connectivity index (χ2v) is 19.1. The molecule has 0 radical (unpaired) electrons. The summed E-state index contributed by atoms with van der Waals surface area (Å²) in [4.78, 5) is 81.8. The van der Waals surface area contributed by atoms with E-state index in [-0.39, 0.29) is 29.7 Å². The number of benzene rings is 2. The van der Waals surface area contributed by atoms with E-state index in [1.807, 2.05) is 0 Å². The van der Waals surface area contributed by atoms with Gasteiger partial charge in [0.15, 0.2) is 23.6 Å². The fourth-order valence-electron chi connectivity index (χ4n) is 9.83. The lowest BCUT2D eigenvalue weighted by Gasteiger charge is -2.67. The van der Waals surface area contributed by atoms with Crippen LogP contribution >= 0.6 is 23.2 Å². The molecule has 13 atom stereocenters. The van der Waals surface area contributed by atoms with Crippen molar-refractivity contribution in [3.63, 3.8) is 0 Å². The smallest absolute Gasteiger partial charge is 0.338 e. The second kappa shape index (κ2) is 17.0. The number of nitrogens with one attached hydrogen (secondary N) is 1. The molecule has 15 nitrogen and oxygen atoms in total. The molecule has 336 valence electrons. The molecule has 0 spiro atoms. The molecule has 1 aliphatic heterocycles. The van der Waals surface area contributed by atoms with Crippen molar-refractivity contribution >= 4 is 58.8 Å². The van der Waals surface area contributed by atoms with Gasteiger partial charge in [-0.2, -0.15) is 0 Å². The number of carbonyl (C=O) groups excluding carboxylic acids is 6. The van der Waals surface area contributed by atoms with Gasteiger partial charge >= 0.3 is 23.9 Å². The predicted molar refractivity (Wildman–Crippen MR) is 221 cm³/mol. The van der Waals surface area contributed by atoms with Crippen LogP contribution in [-0.2, 0) is 47.7 Å². The van der Waals surface area contributed by atoms with Crippen LogP contribution in [0.2, 0.25) is 0 Å². The molecule has 1 saturated heterocycles. The summed E-state index contributed by atoms with van der Waals surface area (Å²) >= 11 is 12.7. The van der Waals surface area contributed by atoms with Crippen LogP contribution in [0.4, 0.5) is 0 Å². The minimum Gasteiger partial charge on any atom is -0.456 e. The second-order valence-electron chi connectivity index (χ2n) is 17.7. The third kappa shape index (κ3) is 7.72. The van der Waals surface area contributed by atoms with E-state index in [9.17, 15) is 39.3 Å². The number of carbonyl (C=O) groups is 6. The Hall–Kier alpha value is -4.38. The van der Waals surface area contributed by atoms with Crippen molar-refractivity contribution in [2.75, 3.05) is 6.61 Å². The number of alkyl halides is 2. The van der Waals surface area contributed by atoms with Gasteiger partial charge in [-0.25, -0.2) is 9.59 Å². The number of aliphatic hydroxyl groups excluding tert-OH is 2. The molecule has 1 amide bonds. The van der Waals surface area contributed by atoms with E-state index in [0.29, 0.717) is 5.56 Å². The number of amides is 1. The Morgan fingerprint density at radius 3 is 2.08 bits per heavy atom. The first-order valence-electron chi connectivity index (χ1n) is 20.3. The van der Waals surface area contributed by atoms with Gasteiger partial charge in [0.25, 0.3) is 0 Å². The van der Waals surface area contributed by atoms with Gasteiger partial charge in [-0.05, 0) is 56.5 Å². The average Bonchev–Trinajstić information content (AvgIpc) is 3.20. The van der Waals surface area contributed by atoms with Crippen LogP contribution in [0.1, 0.15) is 90.2 Å². The number of halogens is 2. The number of ether oxygens (including phenoxy) is 5. The quantitative estimate of drug-likeness (QED) is 0.108. The third-order valence-corrected chi connectivity index (χ3v) is 14.7. The lowest BCUT2D eigenvalue weighted by atomic mass is 9.44. The number of fused-ring (bicyclic) bond motifs is 5. The zero-order valence-electron chi connectivity index (χ0n) is 35.7. The van der Waals surface area contributed by atoms with E-state index in [2.05, 4.69) is 5.32 Å². The van der Waals surface area contributed by atoms with Crippen molar-refractivity contribution in [3.8, 4) is 0 Å². The topological polar surface area (TPSA) is 221 Å². The van der Waals surface area contributed by atoms with Crippen molar-refractivity contribution in [1.29, 1.82) is 0 Å². The van der Waals surface area contributed by atoms with E-state index in [0.717, 1.165) is 13.8 Å². The summed E-state index contributed by atoms with van der Waals surface area (Å²) in [6, 6.07) is 14.4. The first-order valence-corrected chi connectivity index (χ1v) is 21.1. The van der Waals surface area contributed by atoms with Gasteiger partial charge in [0.1, 0.15) is 28.8 Å². The molecule has 2 bridgehead atoms. The molecule has 2 saturated carbocycles. The van der Waals surface area contributed by atoms with Gasteiger partial charge in [0.2, 0.25) is 5.91 Å². The van der Waals surface area contributed by atoms with Crippen molar-refractivity contribution in [2.24, 2.45) is 16.7 Å². The Bertz CT molecular complexity index is 2140. The normalized spacial score (nSPS) is 33.5. The summed E-state index contributed by atoms with van der Waals surface area (Å²) in [7, 11) is 0. The zero-order valence-corrected chi connectivity index (χ0v) is 37.2.